The third-order valence-electron chi connectivity index (χ3n) is 6.56. The number of carbonyl (C=O) groups excluding carboxylic acids is 2. The van der Waals surface area contributed by atoms with E-state index in [9.17, 15) is 24.6 Å². The second-order valence-corrected chi connectivity index (χ2v) is 9.97. The third kappa shape index (κ3) is 14.9. The van der Waals surface area contributed by atoms with Gasteiger partial charge in [0.2, 0.25) is 5.91 Å². The Morgan fingerprint density at radius 3 is 2.25 bits per heavy atom. The first kappa shape index (κ1) is 34.9. The number of carboxylic acid groups (broad SMARTS) is 1. The molecular weight excluding hydrogens is 506 g/mol. The lowest BCUT2D eigenvalue weighted by Crippen LogP contribution is -2.49. The summed E-state index contributed by atoms with van der Waals surface area (Å²) in [6, 6.07) is 7.28. The highest BCUT2D eigenvalue weighted by atomic mass is 16.5. The van der Waals surface area contributed by atoms with Crippen LogP contribution in [0.3, 0.4) is 0 Å². The van der Waals surface area contributed by atoms with E-state index in [1.54, 1.807) is 25.1 Å². The van der Waals surface area contributed by atoms with Crippen LogP contribution in [0.2, 0.25) is 0 Å². The van der Waals surface area contributed by atoms with Crippen molar-refractivity contribution in [2.45, 2.75) is 103 Å². The highest BCUT2D eigenvalue weighted by Gasteiger charge is 2.42. The van der Waals surface area contributed by atoms with Crippen molar-refractivity contribution in [3.63, 3.8) is 0 Å². The molecule has 1 aromatic carbocycles. The van der Waals surface area contributed by atoms with Crippen molar-refractivity contribution in [2.75, 3.05) is 6.61 Å². The normalized spacial score (nSPS) is 13.2. The summed E-state index contributed by atoms with van der Waals surface area (Å²) in [5.41, 5.74) is -1.85. The fourth-order valence-electron chi connectivity index (χ4n) is 4.06. The number of Topliss-reactive ketones (excluding diaryl/α,β-unsaturated/α-hetero) is 1. The van der Waals surface area contributed by atoms with Gasteiger partial charge in [0.25, 0.3) is 0 Å². The van der Waals surface area contributed by atoms with Crippen LogP contribution in [-0.2, 0) is 20.8 Å². The van der Waals surface area contributed by atoms with Gasteiger partial charge in [-0.3, -0.25) is 9.59 Å². The monoisotopic (exact) mass is 552 g/mol. The number of aliphatic hydroxyl groups is 1. The summed E-state index contributed by atoms with van der Waals surface area (Å²) in [4.78, 5) is 36.2. The number of unbranched alkanes of at least 4 members (excludes halogenated alkanes) is 8. The van der Waals surface area contributed by atoms with Crippen molar-refractivity contribution in [3.8, 4) is 17.6 Å². The van der Waals surface area contributed by atoms with Gasteiger partial charge >= 0.3 is 5.97 Å². The molecule has 3 radical (unpaired) electrons. The van der Waals surface area contributed by atoms with E-state index in [-0.39, 0.29) is 0 Å². The van der Waals surface area contributed by atoms with Crippen molar-refractivity contribution in [2.24, 2.45) is 5.92 Å². The molecule has 0 spiro atoms. The summed E-state index contributed by atoms with van der Waals surface area (Å²) in [5, 5.41) is 22.2. The molecule has 0 heterocycles. The van der Waals surface area contributed by atoms with Gasteiger partial charge in [0.1, 0.15) is 18.1 Å². The number of carboxylic acids is 1. The third-order valence-corrected chi connectivity index (χ3v) is 6.56. The van der Waals surface area contributed by atoms with E-state index in [2.05, 4.69) is 24.1 Å². The molecule has 1 aromatic rings. The largest absolute Gasteiger partial charge is 0.481 e. The van der Waals surface area contributed by atoms with Crippen LogP contribution >= 0.6 is 0 Å². The van der Waals surface area contributed by atoms with E-state index >= 15 is 0 Å². The Hall–Kier alpha value is -3.11. The average Bonchev–Trinajstić information content (AvgIpc) is 2.92. The minimum Gasteiger partial charge on any atom is -0.481 e. The summed E-state index contributed by atoms with van der Waals surface area (Å²) in [7, 11) is 0. The van der Waals surface area contributed by atoms with Crippen molar-refractivity contribution in [1.82, 2.24) is 5.32 Å². The number of aliphatic carboxylic acids is 1. The number of hydrogen-bond acceptors (Lipinski definition) is 5. The summed E-state index contributed by atoms with van der Waals surface area (Å²) in [6.45, 7) is 11.3. The standard InChI is InChI=1S/C33H46NO6/c1-4-6-8-11-14-17-28(35)18-15-12-9-10-13-16-19-30(33(3,39)32(37)38)31(36)34-25-24-27-20-22-29(23-21-27)40-26-7-5-2/h3,16,19-23,25,30,39H,4,6,8-15,17-18,24,26H2,1-2H3,(H,34,36)(H,37,38)/b19-16+/t30-,33+/m1/s1. The summed E-state index contributed by atoms with van der Waals surface area (Å²) >= 11 is 0. The van der Waals surface area contributed by atoms with E-state index in [0.29, 0.717) is 43.8 Å². The zero-order valence-corrected chi connectivity index (χ0v) is 24.1. The second kappa shape index (κ2) is 20.7. The van der Waals surface area contributed by atoms with Crippen LogP contribution in [0.5, 0.6) is 5.75 Å². The Kier molecular flexibility index (Phi) is 18.1. The molecule has 219 valence electrons. The molecule has 0 aliphatic heterocycles. The van der Waals surface area contributed by atoms with Gasteiger partial charge in [-0.25, -0.2) is 4.79 Å². The van der Waals surface area contributed by atoms with Crippen LogP contribution in [-0.4, -0.2) is 40.1 Å². The lowest BCUT2D eigenvalue weighted by atomic mass is 9.87. The highest BCUT2D eigenvalue weighted by Crippen LogP contribution is 2.21. The van der Waals surface area contributed by atoms with Gasteiger partial charge < -0.3 is 20.3 Å². The quantitative estimate of drug-likeness (QED) is 0.0941. The highest BCUT2D eigenvalue weighted by molar-refractivity contribution is 5.91. The van der Waals surface area contributed by atoms with Gasteiger partial charge in [-0.1, -0.05) is 75.7 Å². The van der Waals surface area contributed by atoms with E-state index < -0.39 is 23.4 Å². The molecule has 0 aromatic heterocycles. The number of allylic oxidation sites excluding steroid dienone is 1. The van der Waals surface area contributed by atoms with Crippen molar-refractivity contribution < 1.29 is 29.3 Å². The molecule has 0 saturated heterocycles. The molecule has 40 heavy (non-hydrogen) atoms. The molecular formula is C33H46NO6. The van der Waals surface area contributed by atoms with Gasteiger partial charge in [0.15, 0.2) is 5.60 Å². The van der Waals surface area contributed by atoms with E-state index in [4.69, 9.17) is 11.7 Å². The molecule has 0 aliphatic carbocycles. The number of rotatable bonds is 22. The van der Waals surface area contributed by atoms with Gasteiger partial charge in [-0.2, -0.15) is 0 Å². The SMILES string of the molecule is [CH][C@@](O)(C(=O)O)[C@H](/C=C/CCCCCCC(=O)CCCCCCC)C(=O)N[CH]Cc1ccc(OCC#CC)cc1. The van der Waals surface area contributed by atoms with Crippen LogP contribution in [0.1, 0.15) is 96.5 Å². The summed E-state index contributed by atoms with van der Waals surface area (Å²) in [6.07, 6.45) is 14.6. The van der Waals surface area contributed by atoms with Gasteiger partial charge in [0.05, 0.1) is 12.5 Å². The Balaban J connectivity index is 2.41. The number of carbonyl (C=O) groups is 3. The molecule has 0 bridgehead atoms. The first-order chi connectivity index (χ1) is 19.2. The predicted octanol–water partition coefficient (Wildman–Crippen LogP) is 5.88. The zero-order valence-electron chi connectivity index (χ0n) is 24.1. The number of amides is 1. The van der Waals surface area contributed by atoms with Crippen LogP contribution in [0.25, 0.3) is 0 Å². The zero-order chi connectivity index (χ0) is 29.6. The smallest absolute Gasteiger partial charge is 0.337 e. The number of ketones is 1. The Morgan fingerprint density at radius 2 is 1.65 bits per heavy atom. The molecule has 3 N–H and O–H groups in total. The van der Waals surface area contributed by atoms with Gasteiger partial charge in [-0.05, 0) is 56.7 Å². The molecule has 7 nitrogen and oxygen atoms in total. The molecule has 2 atom stereocenters. The number of ether oxygens (including phenoxy) is 1. The maximum atomic E-state index is 12.7. The molecule has 0 unspecified atom stereocenters. The molecule has 1 rings (SSSR count). The van der Waals surface area contributed by atoms with Crippen LogP contribution < -0.4 is 10.1 Å². The Bertz CT molecular complexity index is 971. The molecule has 0 saturated carbocycles. The fourth-order valence-corrected chi connectivity index (χ4v) is 4.06. The predicted molar refractivity (Wildman–Crippen MR) is 157 cm³/mol. The molecule has 0 aliphatic rings. The minimum atomic E-state index is -2.74. The van der Waals surface area contributed by atoms with Crippen LogP contribution in [0.15, 0.2) is 36.4 Å². The first-order valence-corrected chi connectivity index (χ1v) is 14.4. The van der Waals surface area contributed by atoms with Crippen LogP contribution in [0.4, 0.5) is 0 Å². The van der Waals surface area contributed by atoms with Crippen molar-refractivity contribution in [1.29, 1.82) is 0 Å². The van der Waals surface area contributed by atoms with E-state index in [1.807, 2.05) is 12.1 Å². The van der Waals surface area contributed by atoms with E-state index in [0.717, 1.165) is 44.1 Å². The van der Waals surface area contributed by atoms with Gasteiger partial charge in [0, 0.05) is 19.8 Å². The second-order valence-electron chi connectivity index (χ2n) is 9.97. The maximum absolute atomic E-state index is 12.7. The minimum absolute atomic E-state index is 0.304. The number of hydrogen-bond donors (Lipinski definition) is 3. The Morgan fingerprint density at radius 1 is 1.02 bits per heavy atom. The average molecular weight is 553 g/mol. The fraction of sp³-hybridized carbons (Fsp3) is 0.545. The molecule has 0 fully saturated rings. The summed E-state index contributed by atoms with van der Waals surface area (Å²) in [5.74, 6) is 2.72. The number of nitrogens with one attached hydrogen (secondary N) is 1. The molecule has 1 amide bonds. The maximum Gasteiger partial charge on any atom is 0.337 e. The first-order valence-electron chi connectivity index (χ1n) is 14.4. The molecule has 7 heteroatoms. The lowest BCUT2D eigenvalue weighted by Gasteiger charge is -2.25. The van der Waals surface area contributed by atoms with Crippen LogP contribution in [0, 0.1) is 31.2 Å². The topological polar surface area (TPSA) is 113 Å². The Labute approximate surface area is 240 Å². The van der Waals surface area contributed by atoms with Crippen molar-refractivity contribution in [3.05, 3.63) is 55.4 Å². The van der Waals surface area contributed by atoms with E-state index in [1.165, 1.54) is 31.9 Å². The lowest BCUT2D eigenvalue weighted by molar-refractivity contribution is -0.160. The van der Waals surface area contributed by atoms with Crippen molar-refractivity contribution >= 4 is 17.7 Å². The summed E-state index contributed by atoms with van der Waals surface area (Å²) < 4.78 is 5.47. The van der Waals surface area contributed by atoms with Gasteiger partial charge in [-0.15, -0.1) is 5.92 Å². The number of benzene rings is 1.